The fraction of sp³-hybridized carbons (Fsp3) is 0.632. The number of nitrogens with zero attached hydrogens (tertiary/aromatic N) is 1. The van der Waals surface area contributed by atoms with Crippen LogP contribution in [0.1, 0.15) is 55.3 Å². The van der Waals surface area contributed by atoms with E-state index in [1.807, 2.05) is 18.2 Å². The van der Waals surface area contributed by atoms with Crippen LogP contribution in [0.3, 0.4) is 0 Å². The molecule has 2 atom stereocenters. The Morgan fingerprint density at radius 3 is 2.64 bits per heavy atom. The summed E-state index contributed by atoms with van der Waals surface area (Å²) in [6, 6.07) is 8.74. The van der Waals surface area contributed by atoms with Crippen LogP contribution in [0.2, 0.25) is 0 Å². The Morgan fingerprint density at radius 2 is 1.86 bits per heavy atom. The van der Waals surface area contributed by atoms with Crippen LogP contribution in [0.25, 0.3) is 0 Å². The molecule has 2 unspecified atom stereocenters. The van der Waals surface area contributed by atoms with Gasteiger partial charge in [-0.3, -0.25) is 4.79 Å². The molecule has 1 saturated heterocycles. The topological polar surface area (TPSA) is 20.3 Å². The second-order valence-electron chi connectivity index (χ2n) is 6.68. The van der Waals surface area contributed by atoms with Gasteiger partial charge in [0.1, 0.15) is 0 Å². The van der Waals surface area contributed by atoms with Crippen LogP contribution < -0.4 is 0 Å². The van der Waals surface area contributed by atoms with Crippen LogP contribution in [-0.4, -0.2) is 36.1 Å². The third-order valence-electron chi connectivity index (χ3n) is 5.33. The Morgan fingerprint density at radius 1 is 1.14 bits per heavy atom. The Hall–Kier alpha value is -0.800. The number of Topliss-reactive ketones (excluding diaryl/α,β-unsaturated/α-hetero) is 1. The molecule has 1 aromatic rings. The molecule has 1 aromatic carbocycles. The van der Waals surface area contributed by atoms with Crippen LogP contribution in [0.5, 0.6) is 0 Å². The zero-order valence-electron chi connectivity index (χ0n) is 13.6. The van der Waals surface area contributed by atoms with Crippen molar-refractivity contribution < 1.29 is 4.79 Å². The third-order valence-corrected chi connectivity index (χ3v) is 6.13. The van der Waals surface area contributed by atoms with Gasteiger partial charge in [-0.2, -0.15) is 0 Å². The van der Waals surface area contributed by atoms with Gasteiger partial charge in [0, 0.05) is 22.9 Å². The number of ketones is 1. The fourth-order valence-electron chi connectivity index (χ4n) is 4.20. The molecule has 3 heteroatoms. The summed E-state index contributed by atoms with van der Waals surface area (Å²) >= 11 is 1.68. The first-order valence-electron chi connectivity index (χ1n) is 8.70. The van der Waals surface area contributed by atoms with Crippen molar-refractivity contribution in [3.63, 3.8) is 0 Å². The van der Waals surface area contributed by atoms with E-state index in [1.165, 1.54) is 51.6 Å². The summed E-state index contributed by atoms with van der Waals surface area (Å²) in [4.78, 5) is 16.6. The van der Waals surface area contributed by atoms with Crippen LogP contribution >= 0.6 is 11.8 Å². The lowest BCUT2D eigenvalue weighted by molar-refractivity contribution is 0.0844. The van der Waals surface area contributed by atoms with E-state index in [4.69, 9.17) is 0 Å². The predicted octanol–water partition coefficient (Wildman–Crippen LogP) is 4.64. The first kappa shape index (κ1) is 16.1. The molecule has 1 aliphatic carbocycles. The lowest BCUT2D eigenvalue weighted by Gasteiger charge is -2.37. The van der Waals surface area contributed by atoms with Crippen LogP contribution in [-0.2, 0) is 0 Å². The summed E-state index contributed by atoms with van der Waals surface area (Å²) in [6.07, 6.45) is 10.6. The lowest BCUT2D eigenvalue weighted by Crippen LogP contribution is -2.41. The Kier molecular flexibility index (Phi) is 5.59. The average molecular weight is 317 g/mol. The molecule has 0 amide bonds. The number of rotatable bonds is 5. The zero-order chi connectivity index (χ0) is 15.4. The highest BCUT2D eigenvalue weighted by molar-refractivity contribution is 7.98. The molecule has 3 rings (SSSR count). The highest BCUT2D eigenvalue weighted by Gasteiger charge is 2.33. The van der Waals surface area contributed by atoms with Gasteiger partial charge in [0.2, 0.25) is 0 Å². The molecule has 1 heterocycles. The van der Waals surface area contributed by atoms with Gasteiger partial charge in [-0.25, -0.2) is 0 Å². The number of thioether (sulfide) groups is 1. The van der Waals surface area contributed by atoms with Crippen molar-refractivity contribution in [3.05, 3.63) is 29.8 Å². The molecule has 0 spiro atoms. The minimum Gasteiger partial charge on any atom is -0.300 e. The molecular weight excluding hydrogens is 290 g/mol. The molecule has 22 heavy (non-hydrogen) atoms. The van der Waals surface area contributed by atoms with Gasteiger partial charge in [0.15, 0.2) is 5.78 Å². The van der Waals surface area contributed by atoms with E-state index >= 15 is 0 Å². The zero-order valence-corrected chi connectivity index (χ0v) is 14.4. The van der Waals surface area contributed by atoms with Gasteiger partial charge >= 0.3 is 0 Å². The van der Waals surface area contributed by atoms with Crippen LogP contribution in [0, 0.1) is 5.92 Å². The number of hydrogen-bond acceptors (Lipinski definition) is 3. The molecule has 0 N–H and O–H groups in total. The first-order valence-corrected chi connectivity index (χ1v) is 9.92. The van der Waals surface area contributed by atoms with Crippen molar-refractivity contribution in [3.8, 4) is 0 Å². The predicted molar refractivity (Wildman–Crippen MR) is 93.7 cm³/mol. The molecule has 0 bridgehead atoms. The molecule has 1 aliphatic heterocycles. The van der Waals surface area contributed by atoms with Crippen molar-refractivity contribution in [2.24, 2.45) is 5.92 Å². The number of carbonyl (C=O) groups is 1. The van der Waals surface area contributed by atoms with Gasteiger partial charge in [0.25, 0.3) is 0 Å². The van der Waals surface area contributed by atoms with Crippen molar-refractivity contribution in [1.82, 2.24) is 4.90 Å². The maximum atomic E-state index is 12.8. The fourth-order valence-corrected chi connectivity index (χ4v) is 4.82. The van der Waals surface area contributed by atoms with Crippen molar-refractivity contribution in [1.29, 1.82) is 0 Å². The van der Waals surface area contributed by atoms with Gasteiger partial charge in [-0.1, -0.05) is 31.0 Å². The molecule has 0 radical (unpaired) electrons. The van der Waals surface area contributed by atoms with Crippen molar-refractivity contribution in [2.45, 2.75) is 55.9 Å². The molecule has 2 aliphatic rings. The Bertz CT molecular complexity index is 510. The molecule has 1 saturated carbocycles. The molecule has 0 aromatic heterocycles. The summed E-state index contributed by atoms with van der Waals surface area (Å²) in [5, 5.41) is 0. The number of hydrogen-bond donors (Lipinski definition) is 0. The molecular formula is C19H27NOS. The van der Waals surface area contributed by atoms with Gasteiger partial charge in [-0.05, 0) is 57.0 Å². The highest BCUT2D eigenvalue weighted by Crippen LogP contribution is 2.34. The first-order chi connectivity index (χ1) is 10.8. The average Bonchev–Trinajstić information content (AvgIpc) is 3.09. The highest BCUT2D eigenvalue weighted by atomic mass is 32.2. The van der Waals surface area contributed by atoms with Crippen LogP contribution in [0.4, 0.5) is 0 Å². The summed E-state index contributed by atoms with van der Waals surface area (Å²) in [7, 11) is 0. The molecule has 2 fully saturated rings. The SMILES string of the molecule is CSc1ccccc1C(=O)CC1CCCCC1N1CCCC1. The number of benzene rings is 1. The van der Waals surface area contributed by atoms with Crippen molar-refractivity contribution >= 4 is 17.5 Å². The minimum absolute atomic E-state index is 0.348. The normalized spacial score (nSPS) is 26.2. The Labute approximate surface area is 138 Å². The van der Waals surface area contributed by atoms with E-state index < -0.39 is 0 Å². The van der Waals surface area contributed by atoms with E-state index in [0.29, 0.717) is 17.7 Å². The van der Waals surface area contributed by atoms with E-state index in [1.54, 1.807) is 11.8 Å². The summed E-state index contributed by atoms with van der Waals surface area (Å²) in [6.45, 7) is 2.49. The monoisotopic (exact) mass is 317 g/mol. The van der Waals surface area contributed by atoms with E-state index in [0.717, 1.165) is 16.9 Å². The van der Waals surface area contributed by atoms with Gasteiger partial charge in [0.05, 0.1) is 0 Å². The second kappa shape index (κ2) is 7.65. The lowest BCUT2D eigenvalue weighted by atomic mass is 9.80. The molecule has 120 valence electrons. The molecule has 2 nitrogen and oxygen atoms in total. The number of likely N-dealkylation sites (tertiary alicyclic amines) is 1. The van der Waals surface area contributed by atoms with E-state index in [2.05, 4.69) is 17.2 Å². The maximum absolute atomic E-state index is 12.8. The summed E-state index contributed by atoms with van der Waals surface area (Å²) < 4.78 is 0. The van der Waals surface area contributed by atoms with E-state index in [9.17, 15) is 4.79 Å². The smallest absolute Gasteiger partial charge is 0.164 e. The summed E-state index contributed by atoms with van der Waals surface area (Å²) in [5.74, 6) is 0.912. The quantitative estimate of drug-likeness (QED) is 0.583. The Balaban J connectivity index is 1.70. The summed E-state index contributed by atoms with van der Waals surface area (Å²) in [5.41, 5.74) is 0.931. The maximum Gasteiger partial charge on any atom is 0.164 e. The largest absolute Gasteiger partial charge is 0.300 e. The number of carbonyl (C=O) groups excluding carboxylic acids is 1. The van der Waals surface area contributed by atoms with E-state index in [-0.39, 0.29) is 0 Å². The standard InChI is InChI=1S/C19H27NOS/c1-22-19-11-5-3-9-16(19)18(21)14-15-8-2-4-10-17(15)20-12-6-7-13-20/h3,5,9,11,15,17H,2,4,6-8,10,12-14H2,1H3. The van der Waals surface area contributed by atoms with Crippen LogP contribution in [0.15, 0.2) is 29.2 Å². The third kappa shape index (κ3) is 3.57. The van der Waals surface area contributed by atoms with Crippen molar-refractivity contribution in [2.75, 3.05) is 19.3 Å². The van der Waals surface area contributed by atoms with Gasteiger partial charge in [-0.15, -0.1) is 11.8 Å². The second-order valence-corrected chi connectivity index (χ2v) is 7.53. The minimum atomic E-state index is 0.348. The van der Waals surface area contributed by atoms with Gasteiger partial charge < -0.3 is 4.90 Å².